The van der Waals surface area contributed by atoms with Gasteiger partial charge in [0.1, 0.15) is 0 Å². The first-order chi connectivity index (χ1) is 6.93. The Morgan fingerprint density at radius 2 is 1.36 bits per heavy atom. The summed E-state index contributed by atoms with van der Waals surface area (Å²) in [4.78, 5) is 5.34. The van der Waals surface area contributed by atoms with Crippen LogP contribution in [0.1, 0.15) is 38.5 Å². The van der Waals surface area contributed by atoms with Crippen LogP contribution in [0.2, 0.25) is 0 Å². The lowest BCUT2D eigenvalue weighted by molar-refractivity contribution is 0.910. The average molecular weight is 240 g/mol. The number of hydrogen-bond donors (Lipinski definition) is 0. The standard InChI is InChI=1S/C11H12S3/c1-3-7-9(5-1)12-14-11(7)8-4-2-6-10(8)13-14/h1-6H2. The Labute approximate surface area is 94.3 Å². The highest BCUT2D eigenvalue weighted by Gasteiger charge is 2.37. The topological polar surface area (TPSA) is 0 Å². The Morgan fingerprint density at radius 3 is 1.93 bits per heavy atom. The monoisotopic (exact) mass is 240 g/mol. The van der Waals surface area contributed by atoms with Crippen LogP contribution in [-0.4, -0.2) is 4.86 Å². The molecule has 0 nitrogen and oxygen atoms in total. The maximum absolute atomic E-state index is 2.20. The second-order valence-electron chi connectivity index (χ2n) is 4.24. The van der Waals surface area contributed by atoms with Gasteiger partial charge in [0, 0.05) is 14.7 Å². The third kappa shape index (κ3) is 0.987. The van der Waals surface area contributed by atoms with E-state index in [4.69, 9.17) is 0 Å². The van der Waals surface area contributed by atoms with Gasteiger partial charge < -0.3 is 0 Å². The molecular formula is C11H12S3. The Kier molecular flexibility index (Phi) is 1.80. The first-order valence-corrected chi connectivity index (χ1v) is 9.25. The van der Waals surface area contributed by atoms with Gasteiger partial charge in [-0.15, -0.1) is 0 Å². The minimum Gasteiger partial charge on any atom is -0.0567 e. The molecule has 0 aromatic heterocycles. The largest absolute Gasteiger partial charge is 0.0567 e. The highest BCUT2D eigenvalue weighted by molar-refractivity contribution is 9.17. The zero-order chi connectivity index (χ0) is 9.12. The van der Waals surface area contributed by atoms with E-state index in [9.17, 15) is 0 Å². The first-order valence-electron chi connectivity index (χ1n) is 5.36. The zero-order valence-electron chi connectivity index (χ0n) is 7.97. The molecule has 3 heteroatoms. The van der Waals surface area contributed by atoms with Gasteiger partial charge in [0.15, 0.2) is 0 Å². The van der Waals surface area contributed by atoms with Crippen LogP contribution in [0, 0.1) is 0 Å². The van der Waals surface area contributed by atoms with Gasteiger partial charge in [0.2, 0.25) is 0 Å². The number of rotatable bonds is 0. The highest BCUT2D eigenvalue weighted by Crippen LogP contribution is 2.67. The van der Waals surface area contributed by atoms with Crippen LogP contribution in [-0.2, 0) is 0 Å². The van der Waals surface area contributed by atoms with E-state index in [1.165, 1.54) is 38.5 Å². The van der Waals surface area contributed by atoms with Gasteiger partial charge in [-0.1, -0.05) is 30.1 Å². The summed E-state index contributed by atoms with van der Waals surface area (Å²) in [5, 5.41) is 0. The summed E-state index contributed by atoms with van der Waals surface area (Å²) in [6.45, 7) is 0. The van der Waals surface area contributed by atoms with E-state index in [0.29, 0.717) is 8.55 Å². The normalized spacial score (nSPS) is 30.4. The van der Waals surface area contributed by atoms with Gasteiger partial charge in [-0.25, -0.2) is 0 Å². The Balaban J connectivity index is 1.84. The van der Waals surface area contributed by atoms with Crippen molar-refractivity contribution in [1.29, 1.82) is 0 Å². The van der Waals surface area contributed by atoms with Gasteiger partial charge in [0.25, 0.3) is 0 Å². The lowest BCUT2D eigenvalue weighted by Crippen LogP contribution is -1.99. The Hall–Kier alpha value is 0.400. The van der Waals surface area contributed by atoms with E-state index >= 15 is 0 Å². The Bertz CT molecular complexity index is 388. The fourth-order valence-electron chi connectivity index (χ4n) is 2.76. The molecule has 14 heavy (non-hydrogen) atoms. The molecule has 0 N–H and O–H groups in total. The summed E-state index contributed by atoms with van der Waals surface area (Å²) >= 11 is 0. The summed E-state index contributed by atoms with van der Waals surface area (Å²) < 4.78 is 0. The highest BCUT2D eigenvalue weighted by atomic mass is 33.5. The molecule has 4 rings (SSSR count). The van der Waals surface area contributed by atoms with E-state index in [1.807, 2.05) is 4.86 Å². The molecule has 0 radical (unpaired) electrons. The SMILES string of the molecule is C1CC2=C(C1)C1=S(S2)SC2=C1CCC2. The van der Waals surface area contributed by atoms with Crippen molar-refractivity contribution in [2.24, 2.45) is 0 Å². The van der Waals surface area contributed by atoms with Crippen LogP contribution in [0.4, 0.5) is 0 Å². The van der Waals surface area contributed by atoms with Crippen molar-refractivity contribution in [1.82, 2.24) is 0 Å². The third-order valence-corrected chi connectivity index (χ3v) is 10.2. The number of allylic oxidation sites excluding steroid dienone is 4. The molecular weight excluding hydrogens is 228 g/mol. The molecule has 0 fully saturated rings. The van der Waals surface area contributed by atoms with Crippen molar-refractivity contribution in [3.8, 4) is 0 Å². The maximum Gasteiger partial charge on any atom is 0.0266 e. The van der Waals surface area contributed by atoms with Crippen molar-refractivity contribution in [2.75, 3.05) is 0 Å². The fourth-order valence-corrected chi connectivity index (χ4v) is 11.2. The minimum absolute atomic E-state index is 0.516. The molecule has 0 saturated carbocycles. The summed E-state index contributed by atoms with van der Waals surface area (Å²) in [5.74, 6) is 0. The summed E-state index contributed by atoms with van der Waals surface area (Å²) in [5.41, 5.74) is 3.58. The van der Waals surface area contributed by atoms with Gasteiger partial charge in [0.05, 0.1) is 0 Å². The Morgan fingerprint density at radius 1 is 0.786 bits per heavy atom. The molecule has 0 bridgehead atoms. The predicted molar refractivity (Wildman–Crippen MR) is 69.5 cm³/mol. The molecule has 74 valence electrons. The van der Waals surface area contributed by atoms with Crippen LogP contribution in [0.25, 0.3) is 0 Å². The molecule has 0 atom stereocenters. The van der Waals surface area contributed by atoms with Crippen LogP contribution in [0.5, 0.6) is 0 Å². The summed E-state index contributed by atoms with van der Waals surface area (Å²) in [6.07, 6.45) is 8.39. The number of hydrogen-bond acceptors (Lipinski definition) is 2. The maximum atomic E-state index is 2.20. The van der Waals surface area contributed by atoms with E-state index in [0.717, 1.165) is 0 Å². The van der Waals surface area contributed by atoms with Gasteiger partial charge in [-0.3, -0.25) is 0 Å². The van der Waals surface area contributed by atoms with Crippen molar-refractivity contribution in [2.45, 2.75) is 38.5 Å². The van der Waals surface area contributed by atoms with Crippen molar-refractivity contribution in [3.05, 3.63) is 21.0 Å². The summed E-state index contributed by atoms with van der Waals surface area (Å²) in [6, 6.07) is 0. The lowest BCUT2D eigenvalue weighted by Gasteiger charge is -2.04. The van der Waals surface area contributed by atoms with E-state index in [-0.39, 0.29) is 0 Å². The molecule has 0 unspecified atom stereocenters. The summed E-state index contributed by atoms with van der Waals surface area (Å²) in [7, 11) is 4.92. The molecule has 0 aromatic carbocycles. The van der Waals surface area contributed by atoms with E-state index in [1.54, 1.807) is 21.0 Å². The zero-order valence-corrected chi connectivity index (χ0v) is 10.4. The van der Waals surface area contributed by atoms with Crippen LogP contribution < -0.4 is 0 Å². The van der Waals surface area contributed by atoms with Crippen LogP contribution >= 0.6 is 30.1 Å². The van der Waals surface area contributed by atoms with Gasteiger partial charge >= 0.3 is 0 Å². The lowest BCUT2D eigenvalue weighted by atomic mass is 10.0. The molecule has 0 amide bonds. The molecule has 4 aliphatic rings. The van der Waals surface area contributed by atoms with E-state index < -0.39 is 0 Å². The second kappa shape index (κ2) is 2.96. The third-order valence-electron chi connectivity index (χ3n) is 3.40. The molecule has 0 saturated heterocycles. The molecule has 2 heterocycles. The van der Waals surface area contributed by atoms with Crippen LogP contribution in [0.3, 0.4) is 0 Å². The smallest absolute Gasteiger partial charge is 0.0266 e. The average Bonchev–Trinajstić information content (AvgIpc) is 2.77. The first kappa shape index (κ1) is 8.54. The molecule has 0 spiro atoms. The van der Waals surface area contributed by atoms with Crippen molar-refractivity contribution in [3.63, 3.8) is 0 Å². The van der Waals surface area contributed by atoms with Crippen LogP contribution in [0.15, 0.2) is 21.0 Å². The fraction of sp³-hybridized carbons (Fsp3) is 0.545. The quantitative estimate of drug-likeness (QED) is 0.447. The molecule has 0 aromatic rings. The van der Waals surface area contributed by atoms with Gasteiger partial charge in [-0.05, 0) is 49.7 Å². The minimum atomic E-state index is 0.516. The van der Waals surface area contributed by atoms with Crippen molar-refractivity contribution < 1.29 is 0 Å². The van der Waals surface area contributed by atoms with Crippen molar-refractivity contribution >= 4 is 35.0 Å². The van der Waals surface area contributed by atoms with E-state index in [2.05, 4.69) is 21.6 Å². The number of fused-ring (bicyclic) bond motifs is 2. The molecule has 2 aliphatic carbocycles. The van der Waals surface area contributed by atoms with Gasteiger partial charge in [-0.2, -0.15) is 0 Å². The second-order valence-corrected chi connectivity index (χ2v) is 10.1. The molecule has 2 aliphatic heterocycles. The predicted octanol–water partition coefficient (Wildman–Crippen LogP) is 4.63.